The van der Waals surface area contributed by atoms with Gasteiger partial charge in [-0.05, 0) is 34.1 Å². The van der Waals surface area contributed by atoms with Gasteiger partial charge in [0.25, 0.3) is 10.0 Å². The number of benzene rings is 2. The number of hydrogen-bond donors (Lipinski definition) is 2. The Balaban J connectivity index is 2.49. The highest BCUT2D eigenvalue weighted by atomic mass is 79.9. The van der Waals surface area contributed by atoms with Gasteiger partial charge in [0.05, 0.1) is 20.1 Å². The first-order chi connectivity index (χ1) is 9.83. The van der Waals surface area contributed by atoms with Crippen molar-refractivity contribution in [1.29, 1.82) is 0 Å². The number of rotatable bonds is 4. The highest BCUT2D eigenvalue weighted by Gasteiger charge is 2.20. The van der Waals surface area contributed by atoms with Crippen LogP contribution in [0.5, 0.6) is 0 Å². The zero-order chi connectivity index (χ0) is 15.6. The van der Waals surface area contributed by atoms with Crippen LogP contribution in [-0.2, 0) is 10.0 Å². The van der Waals surface area contributed by atoms with E-state index in [9.17, 15) is 8.42 Å². The van der Waals surface area contributed by atoms with Crippen LogP contribution in [-0.4, -0.2) is 13.4 Å². The molecule has 0 aliphatic carbocycles. The summed E-state index contributed by atoms with van der Waals surface area (Å²) < 4.78 is 27.9. The van der Waals surface area contributed by atoms with Crippen LogP contribution in [0, 0.1) is 0 Å². The van der Waals surface area contributed by atoms with Gasteiger partial charge in [0.2, 0.25) is 0 Å². The summed E-state index contributed by atoms with van der Waals surface area (Å²) in [5, 5.41) is 0.401. The van der Waals surface area contributed by atoms with Gasteiger partial charge in [-0.25, -0.2) is 8.42 Å². The molecule has 2 aromatic rings. The molecule has 0 amide bonds. The lowest BCUT2D eigenvalue weighted by Crippen LogP contribution is -2.19. The summed E-state index contributed by atoms with van der Waals surface area (Å²) in [7, 11) is -3.83. The third-order valence-corrected chi connectivity index (χ3v) is 5.68. The zero-order valence-corrected chi connectivity index (χ0v) is 14.5. The lowest BCUT2D eigenvalue weighted by atomic mass is 10.2. The summed E-state index contributed by atoms with van der Waals surface area (Å²) in [6.07, 6.45) is 0. The molecule has 2 aromatic carbocycles. The number of sulfonamides is 1. The molecule has 0 saturated heterocycles. The third-order valence-electron chi connectivity index (χ3n) is 2.64. The number of halogens is 2. The van der Waals surface area contributed by atoms with Crippen molar-refractivity contribution in [3.63, 3.8) is 0 Å². The van der Waals surface area contributed by atoms with Crippen LogP contribution >= 0.6 is 39.7 Å². The van der Waals surface area contributed by atoms with E-state index in [2.05, 4.69) is 20.7 Å². The van der Waals surface area contributed by atoms with Gasteiger partial charge in [-0.1, -0.05) is 48.1 Å². The summed E-state index contributed by atoms with van der Waals surface area (Å²) in [5.41, 5.74) is 6.19. The van der Waals surface area contributed by atoms with E-state index < -0.39 is 10.0 Å². The largest absolute Gasteiger partial charge is 0.389 e. The van der Waals surface area contributed by atoms with Crippen LogP contribution < -0.4 is 10.5 Å². The first-order valence-electron chi connectivity index (χ1n) is 5.68. The van der Waals surface area contributed by atoms with Crippen molar-refractivity contribution in [3.8, 4) is 0 Å². The van der Waals surface area contributed by atoms with Gasteiger partial charge in [-0.2, -0.15) is 0 Å². The first kappa shape index (κ1) is 16.2. The van der Waals surface area contributed by atoms with E-state index in [-0.39, 0.29) is 15.4 Å². The molecule has 8 heteroatoms. The van der Waals surface area contributed by atoms with Gasteiger partial charge in [-0.3, -0.25) is 4.72 Å². The van der Waals surface area contributed by atoms with E-state index in [0.717, 1.165) is 0 Å². The Morgan fingerprint density at radius 3 is 2.52 bits per heavy atom. The van der Waals surface area contributed by atoms with E-state index in [0.29, 0.717) is 15.2 Å². The molecule has 0 radical (unpaired) electrons. The number of nitrogens with one attached hydrogen (secondary N) is 1. The molecule has 0 aliphatic rings. The van der Waals surface area contributed by atoms with Gasteiger partial charge in [0.15, 0.2) is 0 Å². The first-order valence-corrected chi connectivity index (χ1v) is 8.75. The summed E-state index contributed by atoms with van der Waals surface area (Å²) in [5.74, 6) is 0. The predicted molar refractivity (Wildman–Crippen MR) is 92.3 cm³/mol. The number of hydrogen-bond acceptors (Lipinski definition) is 3. The molecule has 0 bridgehead atoms. The quantitative estimate of drug-likeness (QED) is 0.763. The second-order valence-electron chi connectivity index (χ2n) is 4.07. The van der Waals surface area contributed by atoms with Gasteiger partial charge in [-0.15, -0.1) is 0 Å². The third kappa shape index (κ3) is 3.55. The van der Waals surface area contributed by atoms with Gasteiger partial charge < -0.3 is 5.73 Å². The summed E-state index contributed by atoms with van der Waals surface area (Å²) in [6, 6.07) is 11.2. The molecule has 2 rings (SSSR count). The van der Waals surface area contributed by atoms with E-state index in [4.69, 9.17) is 29.6 Å². The highest BCUT2D eigenvalue weighted by molar-refractivity contribution is 9.10. The van der Waals surface area contributed by atoms with E-state index in [1.54, 1.807) is 36.4 Å². The fourth-order valence-corrected chi connectivity index (χ4v) is 3.89. The Morgan fingerprint density at radius 2 is 1.86 bits per heavy atom. The average Bonchev–Trinajstić information content (AvgIpc) is 2.44. The lowest BCUT2D eigenvalue weighted by molar-refractivity contribution is 0.601. The molecule has 3 N–H and O–H groups in total. The molecule has 4 nitrogen and oxygen atoms in total. The predicted octanol–water partition coefficient (Wildman–Crippen LogP) is 3.54. The normalized spacial score (nSPS) is 11.1. The fourth-order valence-electron chi connectivity index (χ4n) is 1.69. The van der Waals surface area contributed by atoms with Crippen LogP contribution in [0.3, 0.4) is 0 Å². The van der Waals surface area contributed by atoms with Crippen LogP contribution in [0.25, 0.3) is 0 Å². The van der Waals surface area contributed by atoms with Crippen molar-refractivity contribution in [2.75, 3.05) is 4.72 Å². The second-order valence-corrected chi connectivity index (χ2v) is 7.36. The Kier molecular flexibility index (Phi) is 4.88. The highest BCUT2D eigenvalue weighted by Crippen LogP contribution is 2.31. The minimum absolute atomic E-state index is 0.0149. The van der Waals surface area contributed by atoms with Crippen molar-refractivity contribution in [1.82, 2.24) is 0 Å². The molecule has 0 fully saturated rings. The summed E-state index contributed by atoms with van der Waals surface area (Å²) >= 11 is 14.1. The smallest absolute Gasteiger partial charge is 0.262 e. The molecule has 0 aliphatic heterocycles. The van der Waals surface area contributed by atoms with Crippen LogP contribution in [0.4, 0.5) is 5.69 Å². The number of nitrogens with two attached hydrogens (primary N) is 1. The second kappa shape index (κ2) is 6.31. The van der Waals surface area contributed by atoms with Crippen LogP contribution in [0.2, 0.25) is 5.02 Å². The molecular weight excluding hydrogens is 396 g/mol. The minimum Gasteiger partial charge on any atom is -0.389 e. The summed E-state index contributed by atoms with van der Waals surface area (Å²) in [6.45, 7) is 0. The maximum atomic E-state index is 12.5. The molecule has 0 heterocycles. The molecular formula is C13H10BrClN2O2S2. The zero-order valence-electron chi connectivity index (χ0n) is 10.5. The minimum atomic E-state index is -3.83. The molecule has 0 spiro atoms. The average molecular weight is 406 g/mol. The van der Waals surface area contributed by atoms with Crippen molar-refractivity contribution in [3.05, 3.63) is 57.5 Å². The number of thiocarbonyl (C=S) groups is 1. The van der Waals surface area contributed by atoms with E-state index in [1.807, 2.05) is 0 Å². The van der Waals surface area contributed by atoms with Gasteiger partial charge >= 0.3 is 0 Å². The Hall–Kier alpha value is -1.15. The lowest BCUT2D eigenvalue weighted by Gasteiger charge is -2.13. The SMILES string of the molecule is NC(=S)c1ccccc1S(=O)(=O)Nc1cccc(Cl)c1Br. The fraction of sp³-hybridized carbons (Fsp3) is 0. The van der Waals surface area contributed by atoms with Crippen molar-refractivity contribution >= 4 is 60.4 Å². The van der Waals surface area contributed by atoms with Gasteiger partial charge in [0, 0.05) is 5.56 Å². The molecule has 0 aromatic heterocycles. The van der Waals surface area contributed by atoms with Crippen LogP contribution in [0.15, 0.2) is 51.8 Å². The van der Waals surface area contributed by atoms with Gasteiger partial charge in [0.1, 0.15) is 4.99 Å². The Bertz CT molecular complexity index is 810. The maximum absolute atomic E-state index is 12.5. The maximum Gasteiger partial charge on any atom is 0.262 e. The molecule has 0 saturated carbocycles. The molecule has 110 valence electrons. The molecule has 0 atom stereocenters. The monoisotopic (exact) mass is 404 g/mol. The topological polar surface area (TPSA) is 72.2 Å². The van der Waals surface area contributed by atoms with E-state index >= 15 is 0 Å². The summed E-state index contributed by atoms with van der Waals surface area (Å²) in [4.78, 5) is 0.0329. The van der Waals surface area contributed by atoms with Crippen molar-refractivity contribution in [2.45, 2.75) is 4.90 Å². The van der Waals surface area contributed by atoms with Crippen LogP contribution in [0.1, 0.15) is 5.56 Å². The molecule has 21 heavy (non-hydrogen) atoms. The standard InChI is InChI=1S/C13H10BrClN2O2S2/c14-12-9(15)5-3-6-10(12)17-21(18,19)11-7-2-1-4-8(11)13(16)20/h1-7,17H,(H2,16,20). The molecule has 0 unspecified atom stereocenters. The Morgan fingerprint density at radius 1 is 1.19 bits per heavy atom. The van der Waals surface area contributed by atoms with Crippen molar-refractivity contribution in [2.24, 2.45) is 5.73 Å². The number of anilines is 1. The Labute approximate surface area is 141 Å². The van der Waals surface area contributed by atoms with E-state index in [1.165, 1.54) is 6.07 Å². The van der Waals surface area contributed by atoms with Crippen molar-refractivity contribution < 1.29 is 8.42 Å².